The van der Waals surface area contributed by atoms with E-state index in [0.29, 0.717) is 18.6 Å². The maximum Gasteiger partial charge on any atom is 0.416 e. The summed E-state index contributed by atoms with van der Waals surface area (Å²) in [4.78, 5) is 11.2. The number of esters is 1. The van der Waals surface area contributed by atoms with E-state index in [0.717, 1.165) is 0 Å². The molecule has 1 fully saturated rings. The molecule has 0 saturated heterocycles. The lowest BCUT2D eigenvalue weighted by atomic mass is 10.1. The molecule has 0 spiro atoms. The van der Waals surface area contributed by atoms with Gasteiger partial charge in [0.15, 0.2) is 0 Å². The zero-order valence-corrected chi connectivity index (χ0v) is 13.1. The fraction of sp³-hybridized carbons (Fsp3) is 0.417. The third kappa shape index (κ3) is 3.89. The summed E-state index contributed by atoms with van der Waals surface area (Å²) in [6.07, 6.45) is -4.60. The topological polar surface area (TPSA) is 26.3 Å². The van der Waals surface area contributed by atoms with Crippen LogP contribution in [-0.4, -0.2) is 16.9 Å². The van der Waals surface area contributed by atoms with Crippen LogP contribution in [0, 0.1) is 5.92 Å². The van der Waals surface area contributed by atoms with Crippen molar-refractivity contribution in [3.8, 4) is 0 Å². The highest BCUT2D eigenvalue weighted by atomic mass is 35.5. The van der Waals surface area contributed by atoms with Crippen molar-refractivity contribution in [2.45, 2.75) is 23.5 Å². The van der Waals surface area contributed by atoms with Crippen LogP contribution < -0.4 is 0 Å². The molecule has 2 nitrogen and oxygen atoms in total. The van der Waals surface area contributed by atoms with Gasteiger partial charge >= 0.3 is 12.1 Å². The van der Waals surface area contributed by atoms with Gasteiger partial charge in [-0.2, -0.15) is 13.2 Å². The minimum atomic E-state index is -4.61. The molecule has 1 aliphatic rings. The van der Waals surface area contributed by atoms with Crippen molar-refractivity contribution in [1.29, 1.82) is 0 Å². The highest BCUT2D eigenvalue weighted by Crippen LogP contribution is 2.42. The van der Waals surface area contributed by atoms with Gasteiger partial charge in [0, 0.05) is 5.92 Å². The predicted octanol–water partition coefficient (Wildman–Crippen LogP) is 5.36. The van der Waals surface area contributed by atoms with Crippen LogP contribution in [-0.2, 0) is 10.9 Å². The Morgan fingerprint density at radius 1 is 1.24 bits per heavy atom. The molecule has 0 N–H and O–H groups in total. The van der Waals surface area contributed by atoms with Crippen molar-refractivity contribution in [2.24, 2.45) is 5.92 Å². The van der Waals surface area contributed by atoms with Gasteiger partial charge in [0.2, 0.25) is 0 Å². The molecule has 21 heavy (non-hydrogen) atoms. The summed E-state index contributed by atoms with van der Waals surface area (Å²) in [5.74, 6) is -1.09. The second kappa shape index (κ2) is 6.03. The molecular weight excluding hydrogens is 375 g/mol. The predicted molar refractivity (Wildman–Crippen MR) is 74.3 cm³/mol. The van der Waals surface area contributed by atoms with Crippen molar-refractivity contribution in [3.05, 3.63) is 33.3 Å². The van der Waals surface area contributed by atoms with Gasteiger partial charge in [0.05, 0.1) is 21.2 Å². The Labute approximate surface area is 138 Å². The number of benzene rings is 1. The van der Waals surface area contributed by atoms with Crippen LogP contribution in [0.15, 0.2) is 12.1 Å². The fourth-order valence-corrected chi connectivity index (χ4v) is 2.89. The monoisotopic (exact) mass is 380 g/mol. The minimum absolute atomic E-state index is 0.190. The van der Waals surface area contributed by atoms with Crippen molar-refractivity contribution < 1.29 is 22.7 Å². The van der Waals surface area contributed by atoms with Gasteiger partial charge in [-0.1, -0.05) is 23.2 Å². The summed E-state index contributed by atoms with van der Waals surface area (Å²) < 4.78 is 42.8. The molecule has 0 aliphatic heterocycles. The minimum Gasteiger partial charge on any atom is -0.458 e. The highest BCUT2D eigenvalue weighted by Gasteiger charge is 2.45. The second-order valence-corrected chi connectivity index (χ2v) is 6.47. The molecule has 1 aromatic carbocycles. The standard InChI is InChI=1S/C12H7Cl4F3O2/c13-6-1-4(12(17,18)19)2-7(14)9(6)11(20)21-8-3-5(8)10(15)16/h1-2,5,8,10H,3H2. The summed E-state index contributed by atoms with van der Waals surface area (Å²) in [5, 5.41) is -0.851. The summed E-state index contributed by atoms with van der Waals surface area (Å²) >= 11 is 22.7. The Balaban J connectivity index is 2.19. The molecule has 0 heterocycles. The van der Waals surface area contributed by atoms with E-state index in [1.165, 1.54) is 0 Å². The Morgan fingerprint density at radius 2 is 1.76 bits per heavy atom. The number of carbonyl (C=O) groups excluding carboxylic acids is 1. The number of alkyl halides is 5. The number of halogens is 7. The number of rotatable bonds is 3. The van der Waals surface area contributed by atoms with Gasteiger partial charge in [0.25, 0.3) is 0 Å². The molecule has 1 aliphatic carbocycles. The number of hydrogen-bond acceptors (Lipinski definition) is 2. The average Bonchev–Trinajstić information content (AvgIpc) is 3.06. The van der Waals surface area contributed by atoms with Crippen LogP contribution in [0.4, 0.5) is 13.2 Å². The molecular formula is C12H7Cl4F3O2. The van der Waals surface area contributed by atoms with Gasteiger partial charge in [-0.05, 0) is 18.6 Å². The second-order valence-electron chi connectivity index (χ2n) is 4.49. The van der Waals surface area contributed by atoms with Gasteiger partial charge in [-0.3, -0.25) is 0 Å². The van der Waals surface area contributed by atoms with E-state index in [4.69, 9.17) is 51.1 Å². The highest BCUT2D eigenvalue weighted by molar-refractivity contribution is 6.44. The van der Waals surface area contributed by atoms with Crippen LogP contribution in [0.3, 0.4) is 0 Å². The van der Waals surface area contributed by atoms with E-state index in [1.807, 2.05) is 0 Å². The van der Waals surface area contributed by atoms with Crippen molar-refractivity contribution in [2.75, 3.05) is 0 Å². The van der Waals surface area contributed by atoms with Crippen LogP contribution >= 0.6 is 46.4 Å². The maximum atomic E-state index is 12.6. The van der Waals surface area contributed by atoms with Crippen LogP contribution in [0.5, 0.6) is 0 Å². The van der Waals surface area contributed by atoms with Gasteiger partial charge in [-0.25, -0.2) is 4.79 Å². The van der Waals surface area contributed by atoms with E-state index >= 15 is 0 Å². The number of hydrogen-bond donors (Lipinski definition) is 0. The first kappa shape index (κ1) is 17.0. The molecule has 0 bridgehead atoms. The maximum absolute atomic E-state index is 12.6. The molecule has 0 aromatic heterocycles. The van der Waals surface area contributed by atoms with Crippen LogP contribution in [0.1, 0.15) is 22.3 Å². The lowest BCUT2D eigenvalue weighted by molar-refractivity contribution is -0.137. The van der Waals surface area contributed by atoms with Crippen LogP contribution in [0.2, 0.25) is 10.0 Å². The van der Waals surface area contributed by atoms with Gasteiger partial charge in [0.1, 0.15) is 10.9 Å². The first-order chi connectivity index (χ1) is 9.61. The third-order valence-electron chi connectivity index (χ3n) is 2.93. The number of carbonyl (C=O) groups is 1. The van der Waals surface area contributed by atoms with Crippen molar-refractivity contribution in [1.82, 2.24) is 0 Å². The average molecular weight is 382 g/mol. The molecule has 2 rings (SSSR count). The van der Waals surface area contributed by atoms with Crippen LogP contribution in [0.25, 0.3) is 0 Å². The molecule has 116 valence electrons. The Bertz CT molecular complexity index is 551. The lowest BCUT2D eigenvalue weighted by Crippen LogP contribution is -2.13. The summed E-state index contributed by atoms with van der Waals surface area (Å²) in [7, 11) is 0. The molecule has 0 radical (unpaired) electrons. The van der Waals surface area contributed by atoms with Crippen molar-refractivity contribution >= 4 is 52.4 Å². The molecule has 1 saturated carbocycles. The first-order valence-electron chi connectivity index (χ1n) is 5.66. The molecule has 2 atom stereocenters. The Morgan fingerprint density at radius 3 is 2.14 bits per heavy atom. The summed E-state index contributed by atoms with van der Waals surface area (Å²) in [5.41, 5.74) is -1.35. The van der Waals surface area contributed by atoms with E-state index in [2.05, 4.69) is 0 Å². The Hall–Kier alpha value is -0.360. The molecule has 0 amide bonds. The van der Waals surface area contributed by atoms with E-state index in [1.54, 1.807) is 0 Å². The van der Waals surface area contributed by atoms with E-state index < -0.39 is 38.7 Å². The number of ether oxygens (including phenoxy) is 1. The summed E-state index contributed by atoms with van der Waals surface area (Å²) in [6.45, 7) is 0. The fourth-order valence-electron chi connectivity index (χ4n) is 1.72. The lowest BCUT2D eigenvalue weighted by Gasteiger charge is -2.12. The quantitative estimate of drug-likeness (QED) is 0.520. The smallest absolute Gasteiger partial charge is 0.416 e. The summed E-state index contributed by atoms with van der Waals surface area (Å²) in [6, 6.07) is 1.25. The third-order valence-corrected chi connectivity index (χ3v) is 4.18. The van der Waals surface area contributed by atoms with E-state index in [-0.39, 0.29) is 11.5 Å². The van der Waals surface area contributed by atoms with Crippen molar-refractivity contribution in [3.63, 3.8) is 0 Å². The molecule has 2 unspecified atom stereocenters. The molecule has 9 heteroatoms. The zero-order valence-electron chi connectivity index (χ0n) is 10.1. The zero-order chi connectivity index (χ0) is 15.9. The first-order valence-corrected chi connectivity index (χ1v) is 7.29. The Kier molecular flexibility index (Phi) is 4.88. The van der Waals surface area contributed by atoms with Gasteiger partial charge in [-0.15, -0.1) is 23.2 Å². The largest absolute Gasteiger partial charge is 0.458 e. The molecule has 1 aromatic rings. The van der Waals surface area contributed by atoms with Gasteiger partial charge < -0.3 is 4.74 Å². The normalized spacial score (nSPS) is 21.5. The van der Waals surface area contributed by atoms with E-state index in [9.17, 15) is 18.0 Å². The SMILES string of the molecule is O=C(OC1CC1C(Cl)Cl)c1c(Cl)cc(C(F)(F)F)cc1Cl.